The number of aryl methyl sites for hydroxylation is 1. The number of thiocarbonyl (C=S) groups is 1. The molecule has 1 aliphatic heterocycles. The van der Waals surface area contributed by atoms with Gasteiger partial charge in [-0.05, 0) is 31.5 Å². The van der Waals surface area contributed by atoms with Crippen molar-refractivity contribution >= 4 is 33.0 Å². The monoisotopic (exact) mass is 289 g/mol. The van der Waals surface area contributed by atoms with Crippen LogP contribution in [0.2, 0.25) is 0 Å². The quantitative estimate of drug-likeness (QED) is 0.792. The van der Waals surface area contributed by atoms with E-state index in [-0.39, 0.29) is 17.4 Å². The summed E-state index contributed by atoms with van der Waals surface area (Å²) in [5.74, 6) is 1.90. The molecule has 0 unspecified atom stereocenters. The van der Waals surface area contributed by atoms with Crippen molar-refractivity contribution in [2.24, 2.45) is 5.92 Å². The minimum atomic E-state index is -2.83. The van der Waals surface area contributed by atoms with Gasteiger partial charge in [0.05, 0.1) is 11.5 Å². The highest BCUT2D eigenvalue weighted by Crippen LogP contribution is 2.17. The Morgan fingerprint density at radius 3 is 3.00 bits per heavy atom. The Balaban J connectivity index is 1.76. The van der Waals surface area contributed by atoms with Crippen LogP contribution in [0.1, 0.15) is 12.2 Å². The average Bonchev–Trinajstić information content (AvgIpc) is 2.82. The maximum atomic E-state index is 11.3. The summed E-state index contributed by atoms with van der Waals surface area (Å²) >= 11 is 5.08. The van der Waals surface area contributed by atoms with Gasteiger partial charge in [0.2, 0.25) is 0 Å². The van der Waals surface area contributed by atoms with Gasteiger partial charge < -0.3 is 15.2 Å². The van der Waals surface area contributed by atoms with E-state index < -0.39 is 9.84 Å². The SMILES string of the molecule is Cc1cc(NC(=S)NC[C@@H]2CCS(=O)(=O)C2)no1. The topological polar surface area (TPSA) is 84.2 Å². The molecule has 1 saturated heterocycles. The first kappa shape index (κ1) is 13.3. The number of anilines is 1. The first-order valence-electron chi connectivity index (χ1n) is 5.63. The third-order valence-electron chi connectivity index (χ3n) is 2.75. The van der Waals surface area contributed by atoms with Gasteiger partial charge in [0.1, 0.15) is 5.76 Å². The van der Waals surface area contributed by atoms with Crippen LogP contribution in [-0.2, 0) is 9.84 Å². The molecule has 0 spiro atoms. The van der Waals surface area contributed by atoms with E-state index in [1.807, 2.05) is 0 Å². The van der Waals surface area contributed by atoms with Crippen molar-refractivity contribution in [2.45, 2.75) is 13.3 Å². The first-order valence-corrected chi connectivity index (χ1v) is 7.86. The second kappa shape index (κ2) is 5.23. The molecule has 0 bridgehead atoms. The van der Waals surface area contributed by atoms with Gasteiger partial charge in [-0.1, -0.05) is 5.16 Å². The van der Waals surface area contributed by atoms with Crippen molar-refractivity contribution in [2.75, 3.05) is 23.4 Å². The van der Waals surface area contributed by atoms with E-state index in [4.69, 9.17) is 16.7 Å². The van der Waals surface area contributed by atoms with Gasteiger partial charge in [-0.25, -0.2) is 8.42 Å². The number of nitrogens with one attached hydrogen (secondary N) is 2. The van der Waals surface area contributed by atoms with Gasteiger partial charge in [-0.3, -0.25) is 0 Å². The molecule has 1 atom stereocenters. The van der Waals surface area contributed by atoms with Crippen LogP contribution in [0.3, 0.4) is 0 Å². The molecule has 0 aliphatic carbocycles. The van der Waals surface area contributed by atoms with Crippen LogP contribution in [0.25, 0.3) is 0 Å². The summed E-state index contributed by atoms with van der Waals surface area (Å²) in [7, 11) is -2.83. The highest BCUT2D eigenvalue weighted by Gasteiger charge is 2.27. The molecule has 0 radical (unpaired) electrons. The molecule has 2 heterocycles. The minimum absolute atomic E-state index is 0.133. The number of rotatable bonds is 3. The van der Waals surface area contributed by atoms with Crippen LogP contribution in [0.4, 0.5) is 5.82 Å². The molecule has 2 rings (SSSR count). The standard InChI is InChI=1S/C10H15N3O3S2/c1-7-4-9(13-16-7)12-10(17)11-5-8-2-3-18(14,15)6-8/h4,8H,2-3,5-6H2,1H3,(H2,11,12,13,17)/t8-/m0/s1. The Morgan fingerprint density at radius 1 is 1.67 bits per heavy atom. The third kappa shape index (κ3) is 3.67. The highest BCUT2D eigenvalue weighted by atomic mass is 32.2. The third-order valence-corrected chi connectivity index (χ3v) is 4.83. The molecule has 2 N–H and O–H groups in total. The Kier molecular flexibility index (Phi) is 3.86. The van der Waals surface area contributed by atoms with Crippen LogP contribution >= 0.6 is 12.2 Å². The zero-order valence-electron chi connectivity index (χ0n) is 9.97. The largest absolute Gasteiger partial charge is 0.362 e. The fraction of sp³-hybridized carbons (Fsp3) is 0.600. The van der Waals surface area contributed by atoms with E-state index in [0.29, 0.717) is 29.7 Å². The van der Waals surface area contributed by atoms with Gasteiger partial charge in [0, 0.05) is 12.6 Å². The fourth-order valence-electron chi connectivity index (χ4n) is 1.86. The molecule has 1 aromatic rings. The van der Waals surface area contributed by atoms with Gasteiger partial charge in [-0.15, -0.1) is 0 Å². The Labute approximate surface area is 111 Å². The second-order valence-electron chi connectivity index (χ2n) is 4.43. The average molecular weight is 289 g/mol. The van der Waals surface area contributed by atoms with E-state index in [1.165, 1.54) is 0 Å². The Bertz CT molecular complexity index is 538. The van der Waals surface area contributed by atoms with Crippen molar-refractivity contribution < 1.29 is 12.9 Å². The van der Waals surface area contributed by atoms with Crippen LogP contribution in [0.15, 0.2) is 10.6 Å². The lowest BCUT2D eigenvalue weighted by Crippen LogP contribution is -2.33. The molecule has 100 valence electrons. The van der Waals surface area contributed by atoms with E-state index in [9.17, 15) is 8.42 Å². The summed E-state index contributed by atoms with van der Waals surface area (Å²) in [6.07, 6.45) is 0.695. The van der Waals surface area contributed by atoms with Crippen molar-refractivity contribution in [1.82, 2.24) is 10.5 Å². The van der Waals surface area contributed by atoms with E-state index in [0.717, 1.165) is 0 Å². The van der Waals surface area contributed by atoms with Crippen LogP contribution in [-0.4, -0.2) is 36.7 Å². The molecule has 0 saturated carbocycles. The minimum Gasteiger partial charge on any atom is -0.362 e. The summed E-state index contributed by atoms with van der Waals surface area (Å²) in [4.78, 5) is 0. The molecule has 1 aromatic heterocycles. The zero-order chi connectivity index (χ0) is 13.2. The molecular formula is C10H15N3O3S2. The Hall–Kier alpha value is -1.15. The predicted octanol–water partition coefficient (Wildman–Crippen LogP) is 0.704. The maximum Gasteiger partial charge on any atom is 0.175 e. The summed E-state index contributed by atoms with van der Waals surface area (Å²) in [5, 5.41) is 10.0. The molecule has 6 nitrogen and oxygen atoms in total. The number of aromatic nitrogens is 1. The first-order chi connectivity index (χ1) is 8.44. The molecule has 8 heteroatoms. The molecule has 1 aliphatic rings. The second-order valence-corrected chi connectivity index (χ2v) is 7.06. The van der Waals surface area contributed by atoms with Crippen LogP contribution < -0.4 is 10.6 Å². The van der Waals surface area contributed by atoms with E-state index in [1.54, 1.807) is 13.0 Å². The lowest BCUT2D eigenvalue weighted by atomic mass is 10.1. The van der Waals surface area contributed by atoms with Crippen molar-refractivity contribution in [1.29, 1.82) is 0 Å². The highest BCUT2D eigenvalue weighted by molar-refractivity contribution is 7.91. The zero-order valence-corrected chi connectivity index (χ0v) is 11.6. The van der Waals surface area contributed by atoms with Gasteiger partial charge in [0.15, 0.2) is 20.8 Å². The Morgan fingerprint density at radius 2 is 2.44 bits per heavy atom. The van der Waals surface area contributed by atoms with E-state index >= 15 is 0 Å². The van der Waals surface area contributed by atoms with Crippen molar-refractivity contribution in [3.63, 3.8) is 0 Å². The fourth-order valence-corrected chi connectivity index (χ4v) is 3.91. The predicted molar refractivity (Wildman–Crippen MR) is 72.2 cm³/mol. The number of sulfone groups is 1. The molecule has 0 aromatic carbocycles. The number of hydrogen-bond donors (Lipinski definition) is 2. The molecule has 1 fully saturated rings. The summed E-state index contributed by atoms with van der Waals surface area (Å²) in [5.41, 5.74) is 0. The smallest absolute Gasteiger partial charge is 0.175 e. The molecular weight excluding hydrogens is 274 g/mol. The van der Waals surface area contributed by atoms with Crippen molar-refractivity contribution in [3.8, 4) is 0 Å². The van der Waals surface area contributed by atoms with Crippen LogP contribution in [0.5, 0.6) is 0 Å². The number of nitrogens with zero attached hydrogens (tertiary/aromatic N) is 1. The molecule has 18 heavy (non-hydrogen) atoms. The van der Waals surface area contributed by atoms with Crippen molar-refractivity contribution in [3.05, 3.63) is 11.8 Å². The normalized spacial score (nSPS) is 21.7. The lowest BCUT2D eigenvalue weighted by molar-refractivity contribution is 0.400. The van der Waals surface area contributed by atoms with E-state index in [2.05, 4.69) is 15.8 Å². The van der Waals surface area contributed by atoms with Gasteiger partial charge >= 0.3 is 0 Å². The van der Waals surface area contributed by atoms with Crippen LogP contribution in [0, 0.1) is 12.8 Å². The number of hydrogen-bond acceptors (Lipinski definition) is 5. The van der Waals surface area contributed by atoms with Gasteiger partial charge in [-0.2, -0.15) is 0 Å². The summed E-state index contributed by atoms with van der Waals surface area (Å²) < 4.78 is 27.5. The summed E-state index contributed by atoms with van der Waals surface area (Å²) in [6, 6.07) is 1.73. The maximum absolute atomic E-state index is 11.3. The van der Waals surface area contributed by atoms with Gasteiger partial charge in [0.25, 0.3) is 0 Å². The lowest BCUT2D eigenvalue weighted by Gasteiger charge is -2.11. The summed E-state index contributed by atoms with van der Waals surface area (Å²) in [6.45, 7) is 2.35. The molecule has 0 amide bonds.